The van der Waals surface area contributed by atoms with Gasteiger partial charge in [-0.1, -0.05) is 0 Å². The molecule has 1 rings (SSSR count). The Morgan fingerprint density at radius 3 is 2.38 bits per heavy atom. The highest BCUT2D eigenvalue weighted by Crippen LogP contribution is 2.18. The highest BCUT2D eigenvalue weighted by atomic mass is 35.5. The van der Waals surface area contributed by atoms with Crippen molar-refractivity contribution < 1.29 is 9.90 Å². The van der Waals surface area contributed by atoms with Crippen LogP contribution < -0.4 is 5.32 Å². The number of hydrogen-bond donors (Lipinski definition) is 2. The summed E-state index contributed by atoms with van der Waals surface area (Å²) in [5.74, 6) is 0.0813. The summed E-state index contributed by atoms with van der Waals surface area (Å²) >= 11 is 0. The average molecular weight is 251 g/mol. The second kappa shape index (κ2) is 7.09. The molecule has 16 heavy (non-hydrogen) atoms. The third kappa shape index (κ3) is 5.68. The first kappa shape index (κ1) is 15.7. The van der Waals surface area contributed by atoms with E-state index >= 15 is 0 Å². The van der Waals surface area contributed by atoms with Gasteiger partial charge >= 0.3 is 0 Å². The molecule has 4 nitrogen and oxygen atoms in total. The van der Waals surface area contributed by atoms with E-state index in [1.54, 1.807) is 11.8 Å². The van der Waals surface area contributed by atoms with Gasteiger partial charge < -0.3 is 15.3 Å². The maximum Gasteiger partial charge on any atom is 0.236 e. The second-order valence-corrected chi connectivity index (χ2v) is 4.64. The minimum absolute atomic E-state index is 0. The number of nitrogens with zero attached hydrogens (tertiary/aromatic N) is 1. The standard InChI is InChI=1S/C11H22N2O2.ClH/c1-8(2)13(7-9(3)14)11(15)6-12-10-4-5-10;/h8-10,12,14H,4-7H2,1-3H3;1H. The van der Waals surface area contributed by atoms with Crippen molar-refractivity contribution in [3.8, 4) is 0 Å². The summed E-state index contributed by atoms with van der Waals surface area (Å²) in [4.78, 5) is 13.5. The molecule has 1 amide bonds. The van der Waals surface area contributed by atoms with Crippen molar-refractivity contribution in [1.29, 1.82) is 0 Å². The summed E-state index contributed by atoms with van der Waals surface area (Å²) in [6.45, 7) is 6.46. The van der Waals surface area contributed by atoms with Crippen LogP contribution in [0.5, 0.6) is 0 Å². The Labute approximate surface area is 104 Å². The highest BCUT2D eigenvalue weighted by Gasteiger charge is 2.24. The van der Waals surface area contributed by atoms with E-state index in [2.05, 4.69) is 5.32 Å². The molecule has 1 unspecified atom stereocenters. The molecule has 0 radical (unpaired) electrons. The van der Waals surface area contributed by atoms with E-state index in [0.717, 1.165) is 0 Å². The molecule has 5 heteroatoms. The maximum absolute atomic E-state index is 11.8. The third-order valence-electron chi connectivity index (χ3n) is 2.52. The molecule has 0 bridgehead atoms. The molecule has 0 aromatic heterocycles. The summed E-state index contributed by atoms with van der Waals surface area (Å²) in [6.07, 6.45) is 1.91. The number of aliphatic hydroxyl groups is 1. The van der Waals surface area contributed by atoms with Gasteiger partial charge in [0.2, 0.25) is 5.91 Å². The lowest BCUT2D eigenvalue weighted by Gasteiger charge is -2.28. The van der Waals surface area contributed by atoms with Crippen LogP contribution in [0.3, 0.4) is 0 Å². The largest absolute Gasteiger partial charge is 0.392 e. The van der Waals surface area contributed by atoms with E-state index in [1.165, 1.54) is 12.8 Å². The molecular weight excluding hydrogens is 228 g/mol. The van der Waals surface area contributed by atoms with E-state index < -0.39 is 6.10 Å². The van der Waals surface area contributed by atoms with Gasteiger partial charge in [-0.2, -0.15) is 0 Å². The van der Waals surface area contributed by atoms with Crippen molar-refractivity contribution in [1.82, 2.24) is 10.2 Å². The fourth-order valence-electron chi connectivity index (χ4n) is 1.51. The van der Waals surface area contributed by atoms with Crippen LogP contribution >= 0.6 is 12.4 Å². The number of halogens is 1. The Balaban J connectivity index is 0.00000225. The van der Waals surface area contributed by atoms with Gasteiger partial charge in [0.05, 0.1) is 12.6 Å². The zero-order valence-corrected chi connectivity index (χ0v) is 11.1. The van der Waals surface area contributed by atoms with Crippen LogP contribution in [0.25, 0.3) is 0 Å². The van der Waals surface area contributed by atoms with E-state index in [1.807, 2.05) is 13.8 Å². The summed E-state index contributed by atoms with van der Waals surface area (Å²) in [5.41, 5.74) is 0. The molecule has 1 fully saturated rings. The van der Waals surface area contributed by atoms with E-state index in [4.69, 9.17) is 0 Å². The molecule has 0 heterocycles. The number of amides is 1. The van der Waals surface area contributed by atoms with Crippen molar-refractivity contribution in [2.45, 2.75) is 51.8 Å². The van der Waals surface area contributed by atoms with Gasteiger partial charge in [-0.05, 0) is 33.6 Å². The predicted octanol–water partition coefficient (Wildman–Crippen LogP) is 0.778. The van der Waals surface area contributed by atoms with E-state index in [-0.39, 0.29) is 24.4 Å². The predicted molar refractivity (Wildman–Crippen MR) is 66.8 cm³/mol. The number of carbonyl (C=O) groups excluding carboxylic acids is 1. The van der Waals surface area contributed by atoms with Crippen LogP contribution in [0.4, 0.5) is 0 Å². The SMILES string of the molecule is CC(O)CN(C(=O)CNC1CC1)C(C)C.Cl. The smallest absolute Gasteiger partial charge is 0.236 e. The lowest BCUT2D eigenvalue weighted by molar-refractivity contribution is -0.133. The van der Waals surface area contributed by atoms with Crippen LogP contribution in [-0.4, -0.2) is 47.2 Å². The molecule has 2 N–H and O–H groups in total. The lowest BCUT2D eigenvalue weighted by atomic mass is 10.2. The zero-order chi connectivity index (χ0) is 11.4. The van der Waals surface area contributed by atoms with E-state index in [9.17, 15) is 9.90 Å². The molecule has 1 aliphatic carbocycles. The average Bonchev–Trinajstić information content (AvgIpc) is 2.93. The number of aliphatic hydroxyl groups excluding tert-OH is 1. The van der Waals surface area contributed by atoms with Crippen LogP contribution in [-0.2, 0) is 4.79 Å². The Hall–Kier alpha value is -0.320. The number of rotatable bonds is 6. The number of carbonyl (C=O) groups is 1. The van der Waals surface area contributed by atoms with Crippen LogP contribution in [0.1, 0.15) is 33.6 Å². The normalized spacial score (nSPS) is 16.8. The van der Waals surface area contributed by atoms with Crippen LogP contribution in [0.15, 0.2) is 0 Å². The molecule has 1 atom stereocenters. The highest BCUT2D eigenvalue weighted by molar-refractivity contribution is 5.85. The Kier molecular flexibility index (Phi) is 6.95. The first-order valence-corrected chi connectivity index (χ1v) is 5.71. The molecular formula is C11H23ClN2O2. The summed E-state index contributed by atoms with van der Waals surface area (Å²) in [6, 6.07) is 0.697. The summed E-state index contributed by atoms with van der Waals surface area (Å²) < 4.78 is 0. The van der Waals surface area contributed by atoms with Gasteiger partial charge in [-0.25, -0.2) is 0 Å². The second-order valence-electron chi connectivity index (χ2n) is 4.64. The number of nitrogens with one attached hydrogen (secondary N) is 1. The zero-order valence-electron chi connectivity index (χ0n) is 10.3. The van der Waals surface area contributed by atoms with E-state index in [0.29, 0.717) is 19.1 Å². The fourth-order valence-corrected chi connectivity index (χ4v) is 1.51. The lowest BCUT2D eigenvalue weighted by Crippen LogP contribution is -2.45. The van der Waals surface area contributed by atoms with Crippen molar-refractivity contribution in [2.24, 2.45) is 0 Å². The maximum atomic E-state index is 11.8. The van der Waals surface area contributed by atoms with Gasteiger partial charge in [0, 0.05) is 18.6 Å². The molecule has 0 aromatic carbocycles. The van der Waals surface area contributed by atoms with Crippen molar-refractivity contribution in [3.05, 3.63) is 0 Å². The van der Waals surface area contributed by atoms with Crippen molar-refractivity contribution >= 4 is 18.3 Å². The van der Waals surface area contributed by atoms with Gasteiger partial charge in [0.15, 0.2) is 0 Å². The van der Waals surface area contributed by atoms with Crippen LogP contribution in [0.2, 0.25) is 0 Å². The fraction of sp³-hybridized carbons (Fsp3) is 0.909. The van der Waals surface area contributed by atoms with Crippen LogP contribution in [0, 0.1) is 0 Å². The van der Waals surface area contributed by atoms with Gasteiger partial charge in [0.25, 0.3) is 0 Å². The molecule has 0 aliphatic heterocycles. The van der Waals surface area contributed by atoms with Crippen molar-refractivity contribution in [2.75, 3.05) is 13.1 Å². The molecule has 0 spiro atoms. The molecule has 1 saturated carbocycles. The molecule has 96 valence electrons. The van der Waals surface area contributed by atoms with Gasteiger partial charge in [0.1, 0.15) is 0 Å². The monoisotopic (exact) mass is 250 g/mol. The Morgan fingerprint density at radius 2 is 2.00 bits per heavy atom. The molecule has 1 aliphatic rings. The summed E-state index contributed by atoms with van der Waals surface area (Å²) in [5, 5.41) is 12.5. The summed E-state index contributed by atoms with van der Waals surface area (Å²) in [7, 11) is 0. The quantitative estimate of drug-likeness (QED) is 0.733. The minimum atomic E-state index is -0.461. The van der Waals surface area contributed by atoms with Crippen molar-refractivity contribution in [3.63, 3.8) is 0 Å². The third-order valence-corrected chi connectivity index (χ3v) is 2.52. The minimum Gasteiger partial charge on any atom is -0.392 e. The topological polar surface area (TPSA) is 52.6 Å². The first-order chi connectivity index (χ1) is 7.00. The Bertz CT molecular complexity index is 218. The van der Waals surface area contributed by atoms with Gasteiger partial charge in [-0.3, -0.25) is 4.79 Å². The Morgan fingerprint density at radius 1 is 1.44 bits per heavy atom. The number of hydrogen-bond acceptors (Lipinski definition) is 3. The van der Waals surface area contributed by atoms with Gasteiger partial charge in [-0.15, -0.1) is 12.4 Å². The molecule has 0 aromatic rings. The first-order valence-electron chi connectivity index (χ1n) is 5.71. The molecule has 0 saturated heterocycles.